The summed E-state index contributed by atoms with van der Waals surface area (Å²) in [6, 6.07) is 11.8. The molecule has 0 radical (unpaired) electrons. The first-order chi connectivity index (χ1) is 10.1. The summed E-state index contributed by atoms with van der Waals surface area (Å²) < 4.78 is 18.8. The van der Waals surface area contributed by atoms with Crippen LogP contribution in [0.25, 0.3) is 0 Å². The van der Waals surface area contributed by atoms with E-state index in [0.717, 1.165) is 17.9 Å². The largest absolute Gasteiger partial charge is 0.494 e. The molecule has 2 aromatic carbocycles. The Morgan fingerprint density at radius 1 is 1.24 bits per heavy atom. The molecule has 0 saturated heterocycles. The maximum atomic E-state index is 13.3. The van der Waals surface area contributed by atoms with Crippen LogP contribution in [-0.2, 0) is 0 Å². The monoisotopic (exact) mass is 304 g/mol. The molecule has 0 amide bonds. The second-order valence-corrected chi connectivity index (χ2v) is 4.99. The van der Waals surface area contributed by atoms with E-state index in [1.807, 2.05) is 24.3 Å². The summed E-state index contributed by atoms with van der Waals surface area (Å²) in [6.45, 7) is 2.75. The lowest BCUT2D eigenvalue weighted by atomic mass is 10.1. The molecule has 3 nitrogen and oxygen atoms in total. The van der Waals surface area contributed by atoms with Crippen molar-refractivity contribution in [2.45, 2.75) is 13.3 Å². The van der Waals surface area contributed by atoms with Gasteiger partial charge in [-0.15, -0.1) is 0 Å². The van der Waals surface area contributed by atoms with Gasteiger partial charge in [-0.25, -0.2) is 4.39 Å². The van der Waals surface area contributed by atoms with Crippen LogP contribution < -0.4 is 15.8 Å². The number of benzene rings is 2. The van der Waals surface area contributed by atoms with Gasteiger partial charge in [0.25, 0.3) is 0 Å². The fourth-order valence-electron chi connectivity index (χ4n) is 1.84. The Morgan fingerprint density at radius 2 is 1.95 bits per heavy atom. The summed E-state index contributed by atoms with van der Waals surface area (Å²) in [6.07, 6.45) is 0.965. The van der Waals surface area contributed by atoms with Crippen LogP contribution >= 0.6 is 12.2 Å². The average Bonchev–Trinajstić information content (AvgIpc) is 2.48. The minimum Gasteiger partial charge on any atom is -0.494 e. The molecular formula is C16H17FN2OS. The minimum absolute atomic E-state index is 0.153. The number of nitrogens with two attached hydrogens (primary N) is 1. The summed E-state index contributed by atoms with van der Waals surface area (Å²) in [4.78, 5) is 0.153. The van der Waals surface area contributed by atoms with Crippen LogP contribution in [0.4, 0.5) is 15.8 Å². The van der Waals surface area contributed by atoms with Crippen LogP contribution in [0.3, 0.4) is 0 Å². The molecule has 0 saturated carbocycles. The Balaban J connectivity index is 2.16. The molecule has 0 bridgehead atoms. The van der Waals surface area contributed by atoms with Gasteiger partial charge in [-0.1, -0.05) is 19.1 Å². The Kier molecular flexibility index (Phi) is 5.11. The summed E-state index contributed by atoms with van der Waals surface area (Å²) in [5.41, 5.74) is 7.63. The van der Waals surface area contributed by atoms with Gasteiger partial charge in [-0.2, -0.15) is 0 Å². The average molecular weight is 304 g/mol. The summed E-state index contributed by atoms with van der Waals surface area (Å²) in [5.74, 6) is 0.447. The molecule has 5 heteroatoms. The molecule has 0 aliphatic heterocycles. The fraction of sp³-hybridized carbons (Fsp3) is 0.188. The number of halogens is 1. The van der Waals surface area contributed by atoms with Crippen molar-refractivity contribution in [2.24, 2.45) is 5.73 Å². The van der Waals surface area contributed by atoms with Crippen LogP contribution in [-0.4, -0.2) is 11.6 Å². The van der Waals surface area contributed by atoms with E-state index < -0.39 is 0 Å². The third-order valence-electron chi connectivity index (χ3n) is 2.85. The standard InChI is InChI=1S/C16H17FN2OS/c1-2-9-20-13-6-4-12(5-7-13)19-15-8-3-11(17)10-14(15)16(18)21/h3-8,10,19H,2,9H2,1H3,(H2,18,21). The predicted octanol–water partition coefficient (Wildman–Crippen LogP) is 3.99. The molecule has 0 aromatic heterocycles. The third-order valence-corrected chi connectivity index (χ3v) is 3.07. The zero-order valence-corrected chi connectivity index (χ0v) is 12.5. The van der Waals surface area contributed by atoms with Crippen molar-refractivity contribution in [1.29, 1.82) is 0 Å². The molecule has 2 aromatic rings. The minimum atomic E-state index is -0.369. The highest BCUT2D eigenvalue weighted by Crippen LogP contribution is 2.24. The van der Waals surface area contributed by atoms with Crippen molar-refractivity contribution < 1.29 is 9.13 Å². The zero-order chi connectivity index (χ0) is 15.2. The van der Waals surface area contributed by atoms with Crippen molar-refractivity contribution >= 4 is 28.6 Å². The Morgan fingerprint density at radius 3 is 2.57 bits per heavy atom. The first-order valence-electron chi connectivity index (χ1n) is 6.69. The van der Waals surface area contributed by atoms with Gasteiger partial charge >= 0.3 is 0 Å². The van der Waals surface area contributed by atoms with Crippen LogP contribution in [0.5, 0.6) is 5.75 Å². The molecule has 110 valence electrons. The number of nitrogens with one attached hydrogen (secondary N) is 1. The van der Waals surface area contributed by atoms with E-state index in [1.165, 1.54) is 12.1 Å². The number of hydrogen-bond acceptors (Lipinski definition) is 3. The van der Waals surface area contributed by atoms with Gasteiger partial charge in [0.2, 0.25) is 0 Å². The topological polar surface area (TPSA) is 47.3 Å². The van der Waals surface area contributed by atoms with Crippen LogP contribution in [0.1, 0.15) is 18.9 Å². The summed E-state index contributed by atoms with van der Waals surface area (Å²) in [7, 11) is 0. The first kappa shape index (κ1) is 15.3. The maximum Gasteiger partial charge on any atom is 0.124 e. The number of ether oxygens (including phenoxy) is 1. The van der Waals surface area contributed by atoms with E-state index in [4.69, 9.17) is 22.7 Å². The Labute approximate surface area is 128 Å². The van der Waals surface area contributed by atoms with Crippen LogP contribution in [0.2, 0.25) is 0 Å². The molecule has 0 heterocycles. The quantitative estimate of drug-likeness (QED) is 0.792. The van der Waals surface area contributed by atoms with E-state index in [9.17, 15) is 4.39 Å². The third kappa shape index (κ3) is 4.16. The van der Waals surface area contributed by atoms with Gasteiger partial charge < -0.3 is 15.8 Å². The smallest absolute Gasteiger partial charge is 0.124 e. The second kappa shape index (κ2) is 7.04. The number of hydrogen-bond donors (Lipinski definition) is 2. The summed E-state index contributed by atoms with van der Waals surface area (Å²) >= 11 is 4.95. The molecule has 0 aliphatic rings. The van der Waals surface area contributed by atoms with Crippen LogP contribution in [0, 0.1) is 5.82 Å². The zero-order valence-electron chi connectivity index (χ0n) is 11.7. The molecule has 2 rings (SSSR count). The molecule has 0 atom stereocenters. The first-order valence-corrected chi connectivity index (χ1v) is 7.10. The highest BCUT2D eigenvalue weighted by molar-refractivity contribution is 7.80. The van der Waals surface area contributed by atoms with Crippen molar-refractivity contribution in [1.82, 2.24) is 0 Å². The van der Waals surface area contributed by atoms with Gasteiger partial charge in [0.1, 0.15) is 16.6 Å². The van der Waals surface area contributed by atoms with E-state index in [1.54, 1.807) is 6.07 Å². The van der Waals surface area contributed by atoms with E-state index >= 15 is 0 Å². The van der Waals surface area contributed by atoms with Crippen molar-refractivity contribution in [3.05, 3.63) is 53.8 Å². The van der Waals surface area contributed by atoms with Crippen molar-refractivity contribution in [3.63, 3.8) is 0 Å². The molecule has 0 fully saturated rings. The highest BCUT2D eigenvalue weighted by Gasteiger charge is 2.07. The number of thiocarbonyl (C=S) groups is 1. The highest BCUT2D eigenvalue weighted by atomic mass is 32.1. The van der Waals surface area contributed by atoms with Gasteiger partial charge in [-0.05, 0) is 48.9 Å². The normalized spacial score (nSPS) is 10.2. The van der Waals surface area contributed by atoms with E-state index in [0.29, 0.717) is 17.9 Å². The number of anilines is 2. The number of rotatable bonds is 6. The molecule has 0 unspecified atom stereocenters. The van der Waals surface area contributed by atoms with Gasteiger partial charge in [0.05, 0.1) is 6.61 Å². The second-order valence-electron chi connectivity index (χ2n) is 4.55. The molecule has 0 spiro atoms. The van der Waals surface area contributed by atoms with Gasteiger partial charge in [0.15, 0.2) is 0 Å². The SMILES string of the molecule is CCCOc1ccc(Nc2ccc(F)cc2C(N)=S)cc1. The van der Waals surface area contributed by atoms with E-state index in [-0.39, 0.29) is 10.8 Å². The molecular weight excluding hydrogens is 287 g/mol. The Hall–Kier alpha value is -2.14. The molecule has 3 N–H and O–H groups in total. The fourth-order valence-corrected chi connectivity index (χ4v) is 2.01. The Bertz CT molecular complexity index is 629. The van der Waals surface area contributed by atoms with Crippen molar-refractivity contribution in [3.8, 4) is 5.75 Å². The van der Waals surface area contributed by atoms with Crippen molar-refractivity contribution in [2.75, 3.05) is 11.9 Å². The maximum absolute atomic E-state index is 13.3. The lowest BCUT2D eigenvalue weighted by molar-refractivity contribution is 0.317. The molecule has 0 aliphatic carbocycles. The van der Waals surface area contributed by atoms with Crippen LogP contribution in [0.15, 0.2) is 42.5 Å². The van der Waals surface area contributed by atoms with Gasteiger partial charge in [-0.3, -0.25) is 0 Å². The van der Waals surface area contributed by atoms with E-state index in [2.05, 4.69) is 12.2 Å². The summed E-state index contributed by atoms with van der Waals surface area (Å²) in [5, 5.41) is 3.17. The predicted molar refractivity (Wildman–Crippen MR) is 87.8 cm³/mol. The van der Waals surface area contributed by atoms with Gasteiger partial charge in [0, 0.05) is 16.9 Å². The lowest BCUT2D eigenvalue weighted by Gasteiger charge is -2.12. The lowest BCUT2D eigenvalue weighted by Crippen LogP contribution is -2.12. The molecule has 21 heavy (non-hydrogen) atoms.